The second-order valence-corrected chi connectivity index (χ2v) is 5.05. The number of halogens is 1. The summed E-state index contributed by atoms with van der Waals surface area (Å²) >= 11 is 0. The average molecular weight is 282 g/mol. The fourth-order valence-corrected chi connectivity index (χ4v) is 1.86. The Bertz CT molecular complexity index is 503. The second-order valence-electron chi connectivity index (χ2n) is 5.05. The van der Waals surface area contributed by atoms with Gasteiger partial charge in [-0.05, 0) is 30.5 Å². The van der Waals surface area contributed by atoms with Crippen LogP contribution in [0.2, 0.25) is 0 Å². The topological polar surface area (TPSA) is 92.4 Å². The molecular weight excluding hydrogens is 263 g/mol. The molecule has 0 saturated heterocycles. The number of carbonyl (C=O) groups is 2. The first-order valence-corrected chi connectivity index (χ1v) is 6.39. The van der Waals surface area contributed by atoms with Gasteiger partial charge in [-0.2, -0.15) is 0 Å². The van der Waals surface area contributed by atoms with Gasteiger partial charge < -0.3 is 16.2 Å². The number of hydrogen-bond acceptors (Lipinski definition) is 3. The number of amides is 1. The van der Waals surface area contributed by atoms with Crippen LogP contribution in [0.5, 0.6) is 0 Å². The van der Waals surface area contributed by atoms with E-state index in [9.17, 15) is 14.0 Å². The SMILES string of the molecule is CC(C)CC(CN)C(=O)Nc1ccc(C(=O)O)cc1F. The summed E-state index contributed by atoms with van der Waals surface area (Å²) in [4.78, 5) is 22.7. The van der Waals surface area contributed by atoms with E-state index < -0.39 is 17.7 Å². The zero-order chi connectivity index (χ0) is 15.3. The van der Waals surface area contributed by atoms with E-state index in [-0.39, 0.29) is 23.7 Å². The lowest BCUT2D eigenvalue weighted by atomic mass is 9.96. The Morgan fingerprint density at radius 1 is 1.40 bits per heavy atom. The van der Waals surface area contributed by atoms with E-state index in [1.165, 1.54) is 12.1 Å². The highest BCUT2D eigenvalue weighted by atomic mass is 19.1. The summed E-state index contributed by atoms with van der Waals surface area (Å²) in [5.41, 5.74) is 5.34. The molecule has 0 saturated carbocycles. The Kier molecular flexibility index (Phi) is 5.64. The van der Waals surface area contributed by atoms with Gasteiger partial charge >= 0.3 is 5.97 Å². The highest BCUT2D eigenvalue weighted by molar-refractivity contribution is 5.94. The van der Waals surface area contributed by atoms with E-state index in [2.05, 4.69) is 5.32 Å². The zero-order valence-corrected chi connectivity index (χ0v) is 11.5. The second kappa shape index (κ2) is 7.00. The van der Waals surface area contributed by atoms with Crippen LogP contribution < -0.4 is 11.1 Å². The predicted octanol–water partition coefficient (Wildman–Crippen LogP) is 2.08. The number of nitrogens with two attached hydrogens (primary N) is 1. The third-order valence-corrected chi connectivity index (χ3v) is 2.89. The highest BCUT2D eigenvalue weighted by Crippen LogP contribution is 2.18. The Labute approximate surface area is 117 Å². The molecule has 0 heterocycles. The van der Waals surface area contributed by atoms with Crippen molar-refractivity contribution in [2.24, 2.45) is 17.6 Å². The summed E-state index contributed by atoms with van der Waals surface area (Å²) in [6, 6.07) is 3.35. The molecule has 1 amide bonds. The number of nitrogens with one attached hydrogen (secondary N) is 1. The minimum Gasteiger partial charge on any atom is -0.478 e. The normalized spacial score (nSPS) is 12.2. The average Bonchev–Trinajstić information content (AvgIpc) is 2.37. The van der Waals surface area contributed by atoms with Crippen LogP contribution in [0.25, 0.3) is 0 Å². The summed E-state index contributed by atoms with van der Waals surface area (Å²) in [5, 5.41) is 11.2. The van der Waals surface area contributed by atoms with Gasteiger partial charge in [0.1, 0.15) is 5.82 Å². The van der Waals surface area contributed by atoms with Crippen molar-refractivity contribution in [3.63, 3.8) is 0 Å². The Balaban J connectivity index is 2.82. The third-order valence-electron chi connectivity index (χ3n) is 2.89. The molecule has 1 aromatic rings. The lowest BCUT2D eigenvalue weighted by molar-refractivity contribution is -0.120. The molecule has 0 aliphatic heterocycles. The van der Waals surface area contributed by atoms with Crippen molar-refractivity contribution in [3.8, 4) is 0 Å². The molecule has 110 valence electrons. The summed E-state index contributed by atoms with van der Waals surface area (Å²) < 4.78 is 13.7. The molecule has 4 N–H and O–H groups in total. The Hall–Kier alpha value is -1.95. The highest BCUT2D eigenvalue weighted by Gasteiger charge is 2.19. The molecule has 1 atom stereocenters. The molecule has 0 spiro atoms. The smallest absolute Gasteiger partial charge is 0.335 e. The Morgan fingerprint density at radius 2 is 2.05 bits per heavy atom. The number of aromatic carboxylic acids is 1. The van der Waals surface area contributed by atoms with Crippen LogP contribution in [0.1, 0.15) is 30.6 Å². The van der Waals surface area contributed by atoms with Gasteiger partial charge in [-0.3, -0.25) is 4.79 Å². The van der Waals surface area contributed by atoms with Gasteiger partial charge in [-0.1, -0.05) is 13.8 Å². The molecule has 0 bridgehead atoms. The van der Waals surface area contributed by atoms with Crippen molar-refractivity contribution in [2.75, 3.05) is 11.9 Å². The van der Waals surface area contributed by atoms with Gasteiger partial charge in [0.25, 0.3) is 0 Å². The van der Waals surface area contributed by atoms with E-state index in [0.29, 0.717) is 12.3 Å². The standard InChI is InChI=1S/C14H19FN2O3/c1-8(2)5-10(7-16)13(18)17-12-4-3-9(14(19)20)6-11(12)15/h3-4,6,8,10H,5,7,16H2,1-2H3,(H,17,18)(H,19,20). The molecule has 0 aliphatic rings. The van der Waals surface area contributed by atoms with Crippen molar-refractivity contribution < 1.29 is 19.1 Å². The van der Waals surface area contributed by atoms with E-state index in [4.69, 9.17) is 10.8 Å². The fraction of sp³-hybridized carbons (Fsp3) is 0.429. The van der Waals surface area contributed by atoms with Crippen molar-refractivity contribution >= 4 is 17.6 Å². The summed E-state index contributed by atoms with van der Waals surface area (Å²) in [6.07, 6.45) is 0.608. The van der Waals surface area contributed by atoms with Crippen molar-refractivity contribution in [1.82, 2.24) is 0 Å². The van der Waals surface area contributed by atoms with Gasteiger partial charge in [0.05, 0.1) is 17.2 Å². The molecule has 20 heavy (non-hydrogen) atoms. The molecule has 1 aromatic carbocycles. The van der Waals surface area contributed by atoms with Crippen LogP contribution in [0, 0.1) is 17.7 Å². The molecule has 6 heteroatoms. The summed E-state index contributed by atoms with van der Waals surface area (Å²) in [7, 11) is 0. The van der Waals surface area contributed by atoms with E-state index in [0.717, 1.165) is 6.07 Å². The molecule has 0 aliphatic carbocycles. The van der Waals surface area contributed by atoms with Crippen molar-refractivity contribution in [2.45, 2.75) is 20.3 Å². The summed E-state index contributed by atoms with van der Waals surface area (Å²) in [6.45, 7) is 4.12. The van der Waals surface area contributed by atoms with E-state index in [1.807, 2.05) is 13.8 Å². The van der Waals surface area contributed by atoms with Crippen molar-refractivity contribution in [1.29, 1.82) is 0 Å². The third kappa shape index (κ3) is 4.31. The predicted molar refractivity (Wildman–Crippen MR) is 74.0 cm³/mol. The lowest BCUT2D eigenvalue weighted by Crippen LogP contribution is -2.30. The number of carboxylic acids is 1. The van der Waals surface area contributed by atoms with E-state index >= 15 is 0 Å². The molecule has 1 unspecified atom stereocenters. The molecule has 1 rings (SSSR count). The van der Waals surface area contributed by atoms with Crippen LogP contribution in [0.4, 0.5) is 10.1 Å². The first kappa shape index (κ1) is 16.1. The molecule has 0 fully saturated rings. The monoisotopic (exact) mass is 282 g/mol. The number of carbonyl (C=O) groups excluding carboxylic acids is 1. The number of rotatable bonds is 6. The first-order chi connectivity index (χ1) is 9.35. The maximum Gasteiger partial charge on any atom is 0.335 e. The van der Waals surface area contributed by atoms with Gasteiger partial charge in [-0.15, -0.1) is 0 Å². The van der Waals surface area contributed by atoms with Gasteiger partial charge in [0.15, 0.2) is 0 Å². The van der Waals surface area contributed by atoms with Crippen LogP contribution in [-0.2, 0) is 4.79 Å². The van der Waals surface area contributed by atoms with Crippen LogP contribution in [0.15, 0.2) is 18.2 Å². The Morgan fingerprint density at radius 3 is 2.50 bits per heavy atom. The minimum atomic E-state index is -1.22. The minimum absolute atomic E-state index is 0.0396. The summed E-state index contributed by atoms with van der Waals surface area (Å²) in [5.74, 6) is -2.45. The first-order valence-electron chi connectivity index (χ1n) is 6.39. The van der Waals surface area contributed by atoms with E-state index in [1.54, 1.807) is 0 Å². The van der Waals surface area contributed by atoms with Crippen molar-refractivity contribution in [3.05, 3.63) is 29.6 Å². The van der Waals surface area contributed by atoms with Gasteiger partial charge in [-0.25, -0.2) is 9.18 Å². The molecule has 0 radical (unpaired) electrons. The lowest BCUT2D eigenvalue weighted by Gasteiger charge is -2.17. The number of carboxylic acid groups (broad SMARTS) is 1. The zero-order valence-electron chi connectivity index (χ0n) is 11.5. The molecule has 0 aromatic heterocycles. The number of benzene rings is 1. The van der Waals surface area contributed by atoms with Crippen LogP contribution >= 0.6 is 0 Å². The number of hydrogen-bond donors (Lipinski definition) is 3. The van der Waals surface area contributed by atoms with Crippen LogP contribution in [-0.4, -0.2) is 23.5 Å². The fourth-order valence-electron chi connectivity index (χ4n) is 1.86. The van der Waals surface area contributed by atoms with Gasteiger partial charge in [0, 0.05) is 6.54 Å². The molecule has 5 nitrogen and oxygen atoms in total. The molecular formula is C14H19FN2O3. The van der Waals surface area contributed by atoms with Crippen LogP contribution in [0.3, 0.4) is 0 Å². The maximum absolute atomic E-state index is 13.7. The number of anilines is 1. The largest absolute Gasteiger partial charge is 0.478 e. The maximum atomic E-state index is 13.7. The van der Waals surface area contributed by atoms with Gasteiger partial charge in [0.2, 0.25) is 5.91 Å². The quantitative estimate of drug-likeness (QED) is 0.744.